The summed E-state index contributed by atoms with van der Waals surface area (Å²) in [6.45, 7) is 6.48. The van der Waals surface area contributed by atoms with Crippen molar-refractivity contribution in [3.63, 3.8) is 0 Å². The lowest BCUT2D eigenvalue weighted by Crippen LogP contribution is -2.30. The highest BCUT2D eigenvalue weighted by Crippen LogP contribution is 2.17. The molecule has 474 valence electrons. The topological polar surface area (TPSA) is 78.9 Å². The van der Waals surface area contributed by atoms with Crippen molar-refractivity contribution >= 4 is 17.9 Å². The summed E-state index contributed by atoms with van der Waals surface area (Å²) in [5.74, 6) is -0.904. The van der Waals surface area contributed by atoms with Gasteiger partial charge in [-0.05, 0) is 116 Å². The van der Waals surface area contributed by atoms with Crippen LogP contribution in [0, 0.1) is 0 Å². The molecule has 0 aliphatic rings. The lowest BCUT2D eigenvalue weighted by molar-refractivity contribution is -0.167. The zero-order chi connectivity index (χ0) is 59.9. The molecule has 0 aromatic rings. The van der Waals surface area contributed by atoms with Crippen LogP contribution in [0.1, 0.15) is 329 Å². The molecular formula is C77H130O6. The zero-order valence-corrected chi connectivity index (χ0v) is 54.4. The Kier molecular flexibility index (Phi) is 66.7. The molecular weight excluding hydrogens is 1020 g/mol. The Morgan fingerprint density at radius 3 is 0.735 bits per heavy atom. The van der Waals surface area contributed by atoms with Gasteiger partial charge >= 0.3 is 17.9 Å². The van der Waals surface area contributed by atoms with Crippen LogP contribution in [0.2, 0.25) is 0 Å². The second-order valence-corrected chi connectivity index (χ2v) is 23.1. The van der Waals surface area contributed by atoms with Crippen LogP contribution >= 0.6 is 0 Å². The molecule has 6 nitrogen and oxygen atoms in total. The van der Waals surface area contributed by atoms with Gasteiger partial charge in [-0.2, -0.15) is 0 Å². The van der Waals surface area contributed by atoms with E-state index in [4.69, 9.17) is 14.2 Å². The molecule has 0 fully saturated rings. The average Bonchev–Trinajstić information content (AvgIpc) is 3.49. The largest absolute Gasteiger partial charge is 0.462 e. The van der Waals surface area contributed by atoms with E-state index in [0.717, 1.165) is 135 Å². The number of carbonyl (C=O) groups excluding carboxylic acids is 3. The highest BCUT2D eigenvalue weighted by atomic mass is 16.6. The molecule has 83 heavy (non-hydrogen) atoms. The van der Waals surface area contributed by atoms with Crippen LogP contribution in [0.5, 0.6) is 0 Å². The molecule has 1 unspecified atom stereocenters. The van der Waals surface area contributed by atoms with E-state index in [1.54, 1.807) is 0 Å². The molecule has 1 atom stereocenters. The Hall–Kier alpha value is -4.19. The van der Waals surface area contributed by atoms with Gasteiger partial charge in [0.15, 0.2) is 6.10 Å². The molecule has 6 heteroatoms. The Labute approximate surface area is 513 Å². The second-order valence-electron chi connectivity index (χ2n) is 23.1. The first-order chi connectivity index (χ1) is 41.0. The smallest absolute Gasteiger partial charge is 0.306 e. The Morgan fingerprint density at radius 2 is 0.470 bits per heavy atom. The number of hydrogen-bond acceptors (Lipinski definition) is 6. The predicted octanol–water partition coefficient (Wildman–Crippen LogP) is 24.3. The minimum Gasteiger partial charge on any atom is -0.462 e. The maximum Gasteiger partial charge on any atom is 0.306 e. The molecule has 0 N–H and O–H groups in total. The van der Waals surface area contributed by atoms with E-state index in [1.165, 1.54) is 154 Å². The van der Waals surface area contributed by atoms with Gasteiger partial charge in [-0.3, -0.25) is 14.4 Å². The minimum absolute atomic E-state index is 0.0856. The maximum absolute atomic E-state index is 12.9. The molecule has 0 aromatic heterocycles. The monoisotopic (exact) mass is 1150 g/mol. The average molecular weight is 1150 g/mol. The highest BCUT2D eigenvalue weighted by Gasteiger charge is 2.19. The van der Waals surface area contributed by atoms with Crippen molar-refractivity contribution in [3.05, 3.63) is 122 Å². The molecule has 0 radical (unpaired) electrons. The molecule has 0 spiro atoms. The van der Waals surface area contributed by atoms with Gasteiger partial charge in [0.05, 0.1) is 0 Å². The van der Waals surface area contributed by atoms with E-state index in [-0.39, 0.29) is 31.1 Å². The van der Waals surface area contributed by atoms with Crippen LogP contribution in [0.4, 0.5) is 0 Å². The van der Waals surface area contributed by atoms with Crippen molar-refractivity contribution in [2.45, 2.75) is 335 Å². The van der Waals surface area contributed by atoms with Crippen molar-refractivity contribution in [2.24, 2.45) is 0 Å². The molecule has 0 amide bonds. The maximum atomic E-state index is 12.9. The lowest BCUT2D eigenvalue weighted by atomic mass is 10.0. The van der Waals surface area contributed by atoms with Gasteiger partial charge in [0, 0.05) is 19.3 Å². The Bertz CT molecular complexity index is 1700. The quantitative estimate of drug-likeness (QED) is 0.0261. The summed E-state index contributed by atoms with van der Waals surface area (Å²) in [5, 5.41) is 0. The number of unbranched alkanes of at least 4 members (excludes halogenated alkanes) is 32. The summed E-state index contributed by atoms with van der Waals surface area (Å²) in [5.41, 5.74) is 0. The fourth-order valence-electron chi connectivity index (χ4n) is 9.73. The summed E-state index contributed by atoms with van der Waals surface area (Å²) in [6, 6.07) is 0. The van der Waals surface area contributed by atoms with Crippen LogP contribution < -0.4 is 0 Å². The third kappa shape index (κ3) is 68.5. The first-order valence-corrected chi connectivity index (χ1v) is 35.0. The molecule has 0 rings (SSSR count). The molecule has 0 aliphatic heterocycles. The van der Waals surface area contributed by atoms with Crippen molar-refractivity contribution in [3.8, 4) is 0 Å². The van der Waals surface area contributed by atoms with E-state index in [0.29, 0.717) is 19.3 Å². The molecule has 0 aliphatic carbocycles. The van der Waals surface area contributed by atoms with Gasteiger partial charge < -0.3 is 14.2 Å². The summed E-state index contributed by atoms with van der Waals surface area (Å²) in [4.78, 5) is 38.2. The minimum atomic E-state index is -0.789. The van der Waals surface area contributed by atoms with Gasteiger partial charge in [0.1, 0.15) is 13.2 Å². The number of carbonyl (C=O) groups is 3. The Morgan fingerprint density at radius 1 is 0.253 bits per heavy atom. The van der Waals surface area contributed by atoms with Crippen LogP contribution in [-0.2, 0) is 28.6 Å². The van der Waals surface area contributed by atoms with Crippen molar-refractivity contribution in [1.29, 1.82) is 0 Å². The predicted molar refractivity (Wildman–Crippen MR) is 362 cm³/mol. The highest BCUT2D eigenvalue weighted by molar-refractivity contribution is 5.71. The van der Waals surface area contributed by atoms with Crippen LogP contribution in [-0.4, -0.2) is 37.2 Å². The molecule has 0 saturated carbocycles. The number of rotatable bonds is 63. The van der Waals surface area contributed by atoms with Crippen LogP contribution in [0.3, 0.4) is 0 Å². The molecule has 0 aromatic carbocycles. The Balaban J connectivity index is 4.13. The molecule has 0 saturated heterocycles. The van der Waals surface area contributed by atoms with E-state index < -0.39 is 6.10 Å². The summed E-state index contributed by atoms with van der Waals surface area (Å²) in [6.07, 6.45) is 98.2. The fourth-order valence-corrected chi connectivity index (χ4v) is 9.73. The summed E-state index contributed by atoms with van der Waals surface area (Å²) in [7, 11) is 0. The SMILES string of the molecule is CC/C=C\C/C=C\C/C=C\C/C=C\C/C=C\C/C=C\C/C=C\CCCCCCCC(=O)OC(COC(=O)CCCCCCCCC)COC(=O)CCCCCCCCCCCCCCCCCC/C=C\C/C=C\C/C=C\CCCCCCC. The van der Waals surface area contributed by atoms with E-state index >= 15 is 0 Å². The summed E-state index contributed by atoms with van der Waals surface area (Å²) < 4.78 is 16.9. The van der Waals surface area contributed by atoms with Gasteiger partial charge in [-0.15, -0.1) is 0 Å². The van der Waals surface area contributed by atoms with Gasteiger partial charge in [-0.1, -0.05) is 316 Å². The van der Waals surface area contributed by atoms with Crippen molar-refractivity contribution in [2.75, 3.05) is 13.2 Å². The third-order valence-corrected chi connectivity index (χ3v) is 15.0. The second kappa shape index (κ2) is 70.3. The van der Waals surface area contributed by atoms with Gasteiger partial charge in [0.25, 0.3) is 0 Å². The standard InChI is InChI=1S/C77H130O6/c1-4-7-10-13-16-18-20-22-24-26-28-30-32-34-36-37-38-39-41-42-44-46-48-50-52-54-56-58-61-64-67-70-76(79)82-73-74(72-81-75(78)69-66-63-60-15-12-9-6-3)83-77(80)71-68-65-62-59-57-55-53-51-49-47-45-43-40-35-33-31-29-27-25-23-21-19-17-14-11-8-5-2/h8,11,17,19-20,22-23,25-26,28-29,31-32,34-35,40,45,47,51,53,74H,4-7,9-10,12-16,18,21,24,27,30,33,36-39,41-44,46,48-50,52,54-73H2,1-3H3/b11-8-,19-17-,22-20-,25-23-,28-26-,31-29-,34-32-,40-35-,47-45-,53-51-. The number of ether oxygens (including phenoxy) is 3. The number of esters is 3. The molecule has 0 heterocycles. The van der Waals surface area contributed by atoms with Crippen LogP contribution in [0.25, 0.3) is 0 Å². The number of hydrogen-bond donors (Lipinski definition) is 0. The van der Waals surface area contributed by atoms with E-state index in [1.807, 2.05) is 0 Å². The summed E-state index contributed by atoms with van der Waals surface area (Å²) >= 11 is 0. The van der Waals surface area contributed by atoms with Gasteiger partial charge in [0.2, 0.25) is 0 Å². The fraction of sp³-hybridized carbons (Fsp3) is 0.701. The van der Waals surface area contributed by atoms with Crippen LogP contribution in [0.15, 0.2) is 122 Å². The first kappa shape index (κ1) is 78.8. The third-order valence-electron chi connectivity index (χ3n) is 15.0. The molecule has 0 bridgehead atoms. The zero-order valence-electron chi connectivity index (χ0n) is 54.4. The first-order valence-electron chi connectivity index (χ1n) is 35.0. The van der Waals surface area contributed by atoms with Crippen molar-refractivity contribution in [1.82, 2.24) is 0 Å². The number of allylic oxidation sites excluding steroid dienone is 20. The lowest BCUT2D eigenvalue weighted by Gasteiger charge is -2.18. The van der Waals surface area contributed by atoms with E-state index in [9.17, 15) is 14.4 Å². The normalized spacial score (nSPS) is 12.9. The van der Waals surface area contributed by atoms with Crippen molar-refractivity contribution < 1.29 is 28.6 Å². The van der Waals surface area contributed by atoms with E-state index in [2.05, 4.69) is 142 Å². The van der Waals surface area contributed by atoms with Gasteiger partial charge in [-0.25, -0.2) is 0 Å².